The summed E-state index contributed by atoms with van der Waals surface area (Å²) in [6.45, 7) is 0.480. The molecule has 2 aromatic heterocycles. The van der Waals surface area contributed by atoms with Gasteiger partial charge in [0.15, 0.2) is 10.8 Å². The third kappa shape index (κ3) is 3.48. The highest BCUT2D eigenvalue weighted by molar-refractivity contribution is 7.99. The van der Waals surface area contributed by atoms with E-state index in [0.29, 0.717) is 25.1 Å². The second-order valence-electron chi connectivity index (χ2n) is 4.23. The van der Waals surface area contributed by atoms with Crippen LogP contribution >= 0.6 is 11.8 Å². The molecule has 104 valence electrons. The summed E-state index contributed by atoms with van der Waals surface area (Å²) in [6, 6.07) is 7.74. The van der Waals surface area contributed by atoms with E-state index in [1.165, 1.54) is 11.8 Å². The van der Waals surface area contributed by atoms with E-state index in [-0.39, 0.29) is 5.91 Å². The minimum absolute atomic E-state index is 0.0431. The van der Waals surface area contributed by atoms with Gasteiger partial charge in [-0.25, -0.2) is 0 Å². The Morgan fingerprint density at radius 3 is 3.15 bits per heavy atom. The zero-order valence-corrected chi connectivity index (χ0v) is 12.0. The molecule has 7 heteroatoms. The number of hydrogen-bond acceptors (Lipinski definition) is 5. The molecule has 6 nitrogen and oxygen atoms in total. The van der Waals surface area contributed by atoms with Crippen LogP contribution in [0.5, 0.6) is 0 Å². The van der Waals surface area contributed by atoms with Crippen LogP contribution in [0.15, 0.2) is 29.6 Å². The molecular weight excluding hydrogens is 274 g/mol. The summed E-state index contributed by atoms with van der Waals surface area (Å²) in [6.07, 6.45) is 2.69. The van der Waals surface area contributed by atoms with Gasteiger partial charge in [-0.2, -0.15) is 5.26 Å². The van der Waals surface area contributed by atoms with Gasteiger partial charge in [0.25, 0.3) is 0 Å². The smallest absolute Gasteiger partial charge is 0.223 e. The van der Waals surface area contributed by atoms with E-state index in [1.807, 2.05) is 34.9 Å². The van der Waals surface area contributed by atoms with Gasteiger partial charge >= 0.3 is 0 Å². The third-order valence-corrected chi connectivity index (χ3v) is 3.76. The molecule has 0 unspecified atom stereocenters. The lowest BCUT2D eigenvalue weighted by Gasteiger charge is -2.14. The molecule has 20 heavy (non-hydrogen) atoms. The number of carbonyl (C=O) groups excluding carboxylic acids is 1. The number of amides is 1. The highest BCUT2D eigenvalue weighted by Crippen LogP contribution is 2.17. The van der Waals surface area contributed by atoms with Crippen LogP contribution < -0.4 is 0 Å². The molecule has 2 heterocycles. The van der Waals surface area contributed by atoms with Crippen molar-refractivity contribution in [1.29, 1.82) is 5.26 Å². The fourth-order valence-corrected chi connectivity index (χ4v) is 2.53. The molecule has 0 bridgehead atoms. The van der Waals surface area contributed by atoms with Gasteiger partial charge in [-0.05, 0) is 12.1 Å². The molecule has 0 fully saturated rings. The molecule has 0 radical (unpaired) electrons. The van der Waals surface area contributed by atoms with Crippen LogP contribution in [-0.2, 0) is 4.79 Å². The van der Waals surface area contributed by atoms with Gasteiger partial charge in [-0.1, -0.05) is 17.8 Å². The van der Waals surface area contributed by atoms with Crippen molar-refractivity contribution in [3.05, 3.63) is 24.4 Å². The first-order valence-electron chi connectivity index (χ1n) is 6.26. The van der Waals surface area contributed by atoms with Crippen molar-refractivity contribution in [1.82, 2.24) is 19.5 Å². The molecule has 1 amide bonds. The maximum atomic E-state index is 11.8. The summed E-state index contributed by atoms with van der Waals surface area (Å²) in [4.78, 5) is 13.4. The quantitative estimate of drug-likeness (QED) is 0.755. The Hall–Kier alpha value is -2.07. The molecule has 0 aromatic carbocycles. The molecule has 0 spiro atoms. The largest absolute Gasteiger partial charge is 0.345 e. The zero-order valence-electron chi connectivity index (χ0n) is 11.2. The van der Waals surface area contributed by atoms with Crippen molar-refractivity contribution in [3.63, 3.8) is 0 Å². The molecule has 2 rings (SSSR count). The monoisotopic (exact) mass is 289 g/mol. The summed E-state index contributed by atoms with van der Waals surface area (Å²) in [7, 11) is 1.72. The number of nitriles is 1. The predicted octanol–water partition coefficient (Wildman–Crippen LogP) is 1.58. The van der Waals surface area contributed by atoms with Crippen molar-refractivity contribution < 1.29 is 4.79 Å². The maximum Gasteiger partial charge on any atom is 0.223 e. The van der Waals surface area contributed by atoms with Crippen molar-refractivity contribution in [3.8, 4) is 6.07 Å². The minimum atomic E-state index is 0.0431. The van der Waals surface area contributed by atoms with E-state index in [2.05, 4.69) is 10.2 Å². The highest BCUT2D eigenvalue weighted by atomic mass is 32.2. The number of hydrogen-bond donors (Lipinski definition) is 0. The van der Waals surface area contributed by atoms with E-state index >= 15 is 0 Å². The first-order chi connectivity index (χ1) is 9.72. The van der Waals surface area contributed by atoms with Crippen molar-refractivity contribution >= 4 is 23.3 Å². The lowest BCUT2D eigenvalue weighted by Crippen LogP contribution is -2.27. The average molecular weight is 289 g/mol. The van der Waals surface area contributed by atoms with E-state index in [1.54, 1.807) is 11.9 Å². The molecule has 0 atom stereocenters. The van der Waals surface area contributed by atoms with E-state index in [0.717, 1.165) is 10.8 Å². The van der Waals surface area contributed by atoms with E-state index < -0.39 is 0 Å². The van der Waals surface area contributed by atoms with Crippen LogP contribution in [0.3, 0.4) is 0 Å². The van der Waals surface area contributed by atoms with Gasteiger partial charge in [0, 0.05) is 32.0 Å². The number of fused-ring (bicyclic) bond motifs is 1. The van der Waals surface area contributed by atoms with E-state index in [9.17, 15) is 4.79 Å². The Bertz CT molecular complexity index is 633. The molecule has 0 N–H and O–H groups in total. The fourth-order valence-electron chi connectivity index (χ4n) is 1.68. The third-order valence-electron chi connectivity index (χ3n) is 2.81. The second-order valence-corrected chi connectivity index (χ2v) is 5.30. The number of aromatic nitrogens is 3. The summed E-state index contributed by atoms with van der Waals surface area (Å²) in [5.41, 5.74) is 0.799. The average Bonchev–Trinajstić information content (AvgIpc) is 2.88. The number of nitrogens with zero attached hydrogens (tertiary/aromatic N) is 5. The van der Waals surface area contributed by atoms with Crippen LogP contribution in [0.25, 0.3) is 5.65 Å². The van der Waals surface area contributed by atoms with Crippen molar-refractivity contribution in [2.75, 3.05) is 19.3 Å². The Morgan fingerprint density at radius 2 is 2.35 bits per heavy atom. The van der Waals surface area contributed by atoms with Gasteiger partial charge in [-0.3, -0.25) is 9.20 Å². The Morgan fingerprint density at radius 1 is 1.50 bits per heavy atom. The molecule has 2 aromatic rings. The summed E-state index contributed by atoms with van der Waals surface area (Å²) in [5.74, 6) is 0.687. The lowest BCUT2D eigenvalue weighted by atomic mass is 10.3. The van der Waals surface area contributed by atoms with Gasteiger partial charge < -0.3 is 4.90 Å². The molecular formula is C13H15N5OS. The summed E-state index contributed by atoms with van der Waals surface area (Å²) >= 11 is 1.50. The van der Waals surface area contributed by atoms with Gasteiger partial charge in [0.2, 0.25) is 5.91 Å². The van der Waals surface area contributed by atoms with Gasteiger partial charge in [-0.15, -0.1) is 10.2 Å². The summed E-state index contributed by atoms with van der Waals surface area (Å²) in [5, 5.41) is 17.4. The van der Waals surface area contributed by atoms with Crippen LogP contribution in [-0.4, -0.2) is 44.8 Å². The molecule has 0 saturated carbocycles. The molecule has 0 aliphatic carbocycles. The van der Waals surface area contributed by atoms with Crippen LogP contribution in [0, 0.1) is 11.3 Å². The SMILES string of the molecule is CN(CCC#N)C(=O)CCSc1nnc2ccccn12. The van der Waals surface area contributed by atoms with Crippen LogP contribution in [0.4, 0.5) is 0 Å². The maximum absolute atomic E-state index is 11.8. The Labute approximate surface area is 121 Å². The number of thioether (sulfide) groups is 1. The number of rotatable bonds is 6. The predicted molar refractivity (Wildman–Crippen MR) is 76.2 cm³/mol. The van der Waals surface area contributed by atoms with Crippen LogP contribution in [0.1, 0.15) is 12.8 Å². The van der Waals surface area contributed by atoms with Crippen molar-refractivity contribution in [2.24, 2.45) is 0 Å². The van der Waals surface area contributed by atoms with Crippen molar-refractivity contribution in [2.45, 2.75) is 18.0 Å². The van der Waals surface area contributed by atoms with Crippen LogP contribution in [0.2, 0.25) is 0 Å². The topological polar surface area (TPSA) is 74.3 Å². The number of pyridine rings is 1. The zero-order chi connectivity index (χ0) is 14.4. The molecule has 0 aliphatic heterocycles. The highest BCUT2D eigenvalue weighted by Gasteiger charge is 2.10. The summed E-state index contributed by atoms with van der Waals surface area (Å²) < 4.78 is 1.90. The first-order valence-corrected chi connectivity index (χ1v) is 7.24. The lowest BCUT2D eigenvalue weighted by molar-refractivity contribution is -0.129. The Kier molecular flexibility index (Phi) is 4.96. The second kappa shape index (κ2) is 6.91. The minimum Gasteiger partial charge on any atom is -0.345 e. The van der Waals surface area contributed by atoms with Gasteiger partial charge in [0.1, 0.15) is 0 Å². The first kappa shape index (κ1) is 14.3. The van der Waals surface area contributed by atoms with E-state index in [4.69, 9.17) is 5.26 Å². The molecule has 0 saturated heterocycles. The number of carbonyl (C=O) groups is 1. The Balaban J connectivity index is 1.84. The normalized spacial score (nSPS) is 10.4. The fraction of sp³-hybridized carbons (Fsp3) is 0.385. The van der Waals surface area contributed by atoms with Gasteiger partial charge in [0.05, 0.1) is 12.5 Å². The standard InChI is InChI=1S/C13H15N5OS/c1-17(8-4-7-14)12(19)6-10-20-13-16-15-11-5-2-3-9-18(11)13/h2-3,5,9H,4,6,8,10H2,1H3. The molecule has 0 aliphatic rings.